The average Bonchev–Trinajstić information content (AvgIpc) is 2.44. The van der Waals surface area contributed by atoms with Crippen LogP contribution in [0.5, 0.6) is 5.75 Å². The van der Waals surface area contributed by atoms with Gasteiger partial charge in [-0.1, -0.05) is 73.8 Å². The van der Waals surface area contributed by atoms with E-state index in [2.05, 4.69) is 54.5 Å². The van der Waals surface area contributed by atoms with Crippen molar-refractivity contribution in [3.05, 3.63) is 28.8 Å². The van der Waals surface area contributed by atoms with Crippen LogP contribution in [0.15, 0.2) is 12.1 Å². The first kappa shape index (κ1) is 24.0. The second-order valence-electron chi connectivity index (χ2n) is 11.2. The van der Waals surface area contributed by atoms with Gasteiger partial charge in [-0.2, -0.15) is 0 Å². The van der Waals surface area contributed by atoms with Gasteiger partial charge in [0.1, 0.15) is 5.75 Å². The number of rotatable bonds is 8. The van der Waals surface area contributed by atoms with Crippen molar-refractivity contribution in [2.24, 2.45) is 5.92 Å². The fourth-order valence-corrected chi connectivity index (χ4v) is 3.81. The van der Waals surface area contributed by atoms with Crippen molar-refractivity contribution in [2.75, 3.05) is 0 Å². The van der Waals surface area contributed by atoms with Gasteiger partial charge < -0.3 is 10.2 Å². The predicted molar refractivity (Wildman–Crippen MR) is 118 cm³/mol. The third-order valence-electron chi connectivity index (χ3n) is 5.47. The SMILES string of the molecule is CC(CCCc1cc(C(C)(C)C)c(O)cc1C(C)(C)C)CCCC(C)(C)O. The van der Waals surface area contributed by atoms with Gasteiger partial charge in [0.15, 0.2) is 0 Å². The summed E-state index contributed by atoms with van der Waals surface area (Å²) in [5, 5.41) is 20.4. The van der Waals surface area contributed by atoms with E-state index < -0.39 is 5.60 Å². The van der Waals surface area contributed by atoms with E-state index in [9.17, 15) is 10.2 Å². The predicted octanol–water partition coefficient (Wildman–Crippen LogP) is 6.89. The molecule has 0 saturated carbocycles. The summed E-state index contributed by atoms with van der Waals surface area (Å²) in [7, 11) is 0. The molecule has 0 fully saturated rings. The van der Waals surface area contributed by atoms with E-state index in [4.69, 9.17) is 0 Å². The molecule has 1 rings (SSSR count). The maximum atomic E-state index is 10.6. The normalized spacial score (nSPS) is 14.4. The van der Waals surface area contributed by atoms with Crippen molar-refractivity contribution < 1.29 is 10.2 Å². The molecule has 0 radical (unpaired) electrons. The van der Waals surface area contributed by atoms with Crippen LogP contribution in [-0.4, -0.2) is 15.8 Å². The third-order valence-corrected chi connectivity index (χ3v) is 5.47. The minimum Gasteiger partial charge on any atom is -0.508 e. The van der Waals surface area contributed by atoms with Crippen molar-refractivity contribution in [1.29, 1.82) is 0 Å². The van der Waals surface area contributed by atoms with E-state index in [1.54, 1.807) is 0 Å². The van der Waals surface area contributed by atoms with Crippen molar-refractivity contribution in [3.63, 3.8) is 0 Å². The van der Waals surface area contributed by atoms with E-state index in [0.717, 1.165) is 24.8 Å². The lowest BCUT2D eigenvalue weighted by Gasteiger charge is -2.28. The molecule has 2 nitrogen and oxygen atoms in total. The van der Waals surface area contributed by atoms with Crippen LogP contribution in [-0.2, 0) is 17.3 Å². The number of phenols is 1. The lowest BCUT2D eigenvalue weighted by molar-refractivity contribution is 0.0669. The van der Waals surface area contributed by atoms with Gasteiger partial charge in [-0.15, -0.1) is 0 Å². The Labute approximate surface area is 168 Å². The van der Waals surface area contributed by atoms with Crippen LogP contribution in [0.4, 0.5) is 0 Å². The molecule has 0 aliphatic rings. The molecular formula is C25H44O2. The number of benzene rings is 1. The first-order chi connectivity index (χ1) is 12.1. The fraction of sp³-hybridized carbons (Fsp3) is 0.760. The monoisotopic (exact) mass is 376 g/mol. The Hall–Kier alpha value is -1.02. The van der Waals surface area contributed by atoms with E-state index in [1.807, 2.05) is 19.9 Å². The summed E-state index contributed by atoms with van der Waals surface area (Å²) in [5.41, 5.74) is 3.12. The lowest BCUT2D eigenvalue weighted by atomic mass is 9.77. The van der Waals surface area contributed by atoms with Gasteiger partial charge in [-0.3, -0.25) is 0 Å². The zero-order chi connectivity index (χ0) is 21.0. The van der Waals surface area contributed by atoms with Gasteiger partial charge >= 0.3 is 0 Å². The molecule has 0 aliphatic carbocycles. The quantitative estimate of drug-likeness (QED) is 0.518. The molecule has 1 unspecified atom stereocenters. The maximum absolute atomic E-state index is 10.6. The highest BCUT2D eigenvalue weighted by Gasteiger charge is 2.24. The highest BCUT2D eigenvalue weighted by atomic mass is 16.3. The van der Waals surface area contributed by atoms with Crippen molar-refractivity contribution in [3.8, 4) is 5.75 Å². The highest BCUT2D eigenvalue weighted by Crippen LogP contribution is 2.37. The standard InChI is InChI=1S/C25H44O2/c1-18(13-11-15-25(8,9)27)12-10-14-19-16-21(24(5,6)7)22(26)17-20(19)23(2,3)4/h16-18,26-27H,10-15H2,1-9H3. The van der Waals surface area contributed by atoms with Crippen LogP contribution in [0.2, 0.25) is 0 Å². The number of hydrogen-bond acceptors (Lipinski definition) is 2. The van der Waals surface area contributed by atoms with Gasteiger partial charge in [0, 0.05) is 0 Å². The molecule has 1 atom stereocenters. The van der Waals surface area contributed by atoms with Crippen LogP contribution in [0, 0.1) is 5.92 Å². The smallest absolute Gasteiger partial charge is 0.119 e. The molecule has 0 heterocycles. The number of aromatic hydroxyl groups is 1. The molecular weight excluding hydrogens is 332 g/mol. The summed E-state index contributed by atoms with van der Waals surface area (Å²) in [5.74, 6) is 1.11. The number of aliphatic hydroxyl groups is 1. The number of aryl methyl sites for hydroxylation is 1. The topological polar surface area (TPSA) is 40.5 Å². The molecule has 156 valence electrons. The molecule has 0 bridgehead atoms. The van der Waals surface area contributed by atoms with Crippen LogP contribution in [0.3, 0.4) is 0 Å². The molecule has 0 aromatic heterocycles. The zero-order valence-corrected chi connectivity index (χ0v) is 19.4. The van der Waals surface area contributed by atoms with Crippen LogP contribution in [0.25, 0.3) is 0 Å². The highest BCUT2D eigenvalue weighted by molar-refractivity contribution is 5.47. The summed E-state index contributed by atoms with van der Waals surface area (Å²) in [6.07, 6.45) is 6.58. The third kappa shape index (κ3) is 8.25. The molecule has 1 aromatic carbocycles. The Bertz CT molecular complexity index is 594. The molecule has 0 spiro atoms. The first-order valence-electron chi connectivity index (χ1n) is 10.7. The summed E-state index contributed by atoms with van der Waals surface area (Å²) in [6, 6.07) is 4.25. The molecule has 0 saturated heterocycles. The summed E-state index contributed by atoms with van der Waals surface area (Å²) in [4.78, 5) is 0. The average molecular weight is 377 g/mol. The fourth-order valence-electron chi connectivity index (χ4n) is 3.81. The van der Waals surface area contributed by atoms with Crippen molar-refractivity contribution in [2.45, 2.75) is 117 Å². The minimum atomic E-state index is -0.545. The van der Waals surface area contributed by atoms with Gasteiger partial charge in [0.25, 0.3) is 0 Å². The summed E-state index contributed by atoms with van der Waals surface area (Å²) >= 11 is 0. The minimum absolute atomic E-state index is 0.0293. The Kier molecular flexibility index (Phi) is 7.99. The maximum Gasteiger partial charge on any atom is 0.119 e. The number of phenolic OH excluding ortho intramolecular Hbond substituents is 1. The lowest BCUT2D eigenvalue weighted by Crippen LogP contribution is -2.18. The molecule has 0 aliphatic heterocycles. The second-order valence-corrected chi connectivity index (χ2v) is 11.2. The van der Waals surface area contributed by atoms with E-state index in [0.29, 0.717) is 11.7 Å². The van der Waals surface area contributed by atoms with Gasteiger partial charge in [-0.05, 0) is 72.6 Å². The summed E-state index contributed by atoms with van der Waals surface area (Å²) in [6.45, 7) is 19.3. The van der Waals surface area contributed by atoms with Gasteiger partial charge in [0.05, 0.1) is 5.60 Å². The Morgan fingerprint density at radius 1 is 0.815 bits per heavy atom. The van der Waals surface area contributed by atoms with Crippen molar-refractivity contribution >= 4 is 0 Å². The second kappa shape index (κ2) is 8.99. The zero-order valence-electron chi connectivity index (χ0n) is 19.4. The van der Waals surface area contributed by atoms with Crippen LogP contribution >= 0.6 is 0 Å². The van der Waals surface area contributed by atoms with Gasteiger partial charge in [-0.25, -0.2) is 0 Å². The number of hydrogen-bond donors (Lipinski definition) is 2. The van der Waals surface area contributed by atoms with E-state index in [-0.39, 0.29) is 10.8 Å². The first-order valence-corrected chi connectivity index (χ1v) is 10.7. The molecule has 0 amide bonds. The van der Waals surface area contributed by atoms with Crippen LogP contribution in [0.1, 0.15) is 111 Å². The van der Waals surface area contributed by atoms with Crippen LogP contribution < -0.4 is 0 Å². The van der Waals surface area contributed by atoms with Crippen molar-refractivity contribution in [1.82, 2.24) is 0 Å². The summed E-state index contributed by atoms with van der Waals surface area (Å²) < 4.78 is 0. The molecule has 27 heavy (non-hydrogen) atoms. The Morgan fingerprint density at radius 3 is 1.81 bits per heavy atom. The molecule has 2 N–H and O–H groups in total. The largest absolute Gasteiger partial charge is 0.508 e. The molecule has 2 heteroatoms. The Balaban J connectivity index is 2.81. The Morgan fingerprint density at radius 2 is 1.33 bits per heavy atom. The van der Waals surface area contributed by atoms with Gasteiger partial charge in [0.2, 0.25) is 0 Å². The molecule has 1 aromatic rings. The van der Waals surface area contributed by atoms with E-state index >= 15 is 0 Å². The van der Waals surface area contributed by atoms with E-state index in [1.165, 1.54) is 30.4 Å².